The van der Waals surface area contributed by atoms with Crippen LogP contribution in [0.1, 0.15) is 0 Å². The van der Waals surface area contributed by atoms with Gasteiger partial charge in [-0.15, -0.1) is 0 Å². The van der Waals surface area contributed by atoms with Crippen molar-refractivity contribution in [2.75, 3.05) is 0 Å². The summed E-state index contributed by atoms with van der Waals surface area (Å²) < 4.78 is 6.53. The Morgan fingerprint density at radius 2 is 0.736 bits per heavy atom. The van der Waals surface area contributed by atoms with Crippen LogP contribution in [0.5, 0.6) is 0 Å². The minimum Gasteiger partial charge on any atom is -0.292 e. The van der Waals surface area contributed by atoms with Crippen LogP contribution in [0.25, 0.3) is 95.0 Å². The number of para-hydroxylation sites is 6. The lowest BCUT2D eigenvalue weighted by Crippen LogP contribution is -2.10. The average molecular weight is 680 g/mol. The Bertz CT molecular complexity index is 2930. The zero-order valence-electron chi connectivity index (χ0n) is 28.4. The molecule has 11 rings (SSSR count). The van der Waals surface area contributed by atoms with Gasteiger partial charge in [0.2, 0.25) is 11.9 Å². The van der Waals surface area contributed by atoms with Gasteiger partial charge in [0.15, 0.2) is 5.82 Å². The summed E-state index contributed by atoms with van der Waals surface area (Å²) in [7, 11) is 0. The molecule has 0 unspecified atom stereocenters. The van der Waals surface area contributed by atoms with Crippen molar-refractivity contribution in [1.82, 2.24) is 33.6 Å². The zero-order valence-corrected chi connectivity index (χ0v) is 28.4. The van der Waals surface area contributed by atoms with Gasteiger partial charge >= 0.3 is 0 Å². The summed E-state index contributed by atoms with van der Waals surface area (Å²) in [5.74, 6) is 2.58. The number of benzene rings is 7. The van der Waals surface area contributed by atoms with Crippen molar-refractivity contribution in [3.8, 4) is 40.4 Å². The van der Waals surface area contributed by atoms with Crippen LogP contribution in [0.2, 0.25) is 0 Å². The predicted molar refractivity (Wildman–Crippen MR) is 214 cm³/mol. The summed E-state index contributed by atoms with van der Waals surface area (Å²) in [5, 5.41) is 4.59. The molecule has 0 fully saturated rings. The van der Waals surface area contributed by atoms with Crippen LogP contribution in [0.3, 0.4) is 0 Å². The van der Waals surface area contributed by atoms with Gasteiger partial charge in [-0.05, 0) is 60.7 Å². The van der Waals surface area contributed by atoms with Gasteiger partial charge in [-0.3, -0.25) is 13.7 Å². The van der Waals surface area contributed by atoms with Crippen molar-refractivity contribution < 1.29 is 0 Å². The molecular formula is C46H29N7. The molecule has 0 saturated heterocycles. The van der Waals surface area contributed by atoms with Gasteiger partial charge in [0, 0.05) is 38.4 Å². The Morgan fingerprint density at radius 3 is 1.25 bits per heavy atom. The van der Waals surface area contributed by atoms with E-state index >= 15 is 0 Å². The van der Waals surface area contributed by atoms with E-state index in [1.54, 1.807) is 0 Å². The number of aromatic nitrogens is 7. The van der Waals surface area contributed by atoms with E-state index in [2.05, 4.69) is 165 Å². The number of imidazole rings is 1. The Morgan fingerprint density at radius 1 is 0.302 bits per heavy atom. The summed E-state index contributed by atoms with van der Waals surface area (Å²) in [6.07, 6.45) is 0. The highest BCUT2D eigenvalue weighted by molar-refractivity contribution is 6.10. The molecule has 0 aliphatic carbocycles. The monoisotopic (exact) mass is 679 g/mol. The van der Waals surface area contributed by atoms with Crippen molar-refractivity contribution in [2.24, 2.45) is 0 Å². The summed E-state index contributed by atoms with van der Waals surface area (Å²) in [5.41, 5.74) is 9.07. The second kappa shape index (κ2) is 11.6. The van der Waals surface area contributed by atoms with Gasteiger partial charge in [0.05, 0.1) is 33.1 Å². The van der Waals surface area contributed by atoms with Crippen LogP contribution in [-0.4, -0.2) is 33.6 Å². The second-order valence-electron chi connectivity index (χ2n) is 13.2. The molecule has 4 heterocycles. The maximum atomic E-state index is 5.27. The number of rotatable bonds is 5. The first-order valence-corrected chi connectivity index (χ1v) is 17.7. The summed E-state index contributed by atoms with van der Waals surface area (Å²) in [6.45, 7) is 0. The minimum atomic E-state index is 0.556. The molecular weight excluding hydrogens is 651 g/mol. The van der Waals surface area contributed by atoms with Crippen LogP contribution in [0.4, 0.5) is 0 Å². The van der Waals surface area contributed by atoms with E-state index in [1.165, 1.54) is 0 Å². The largest absolute Gasteiger partial charge is 0.292 e. The van der Waals surface area contributed by atoms with E-state index in [1.807, 2.05) is 24.3 Å². The van der Waals surface area contributed by atoms with Crippen LogP contribution in [0.15, 0.2) is 176 Å². The van der Waals surface area contributed by atoms with Crippen molar-refractivity contribution in [3.05, 3.63) is 176 Å². The van der Waals surface area contributed by atoms with Crippen LogP contribution in [0, 0.1) is 0 Å². The standard InChI is InChI=1S/C46H29N7/c1-2-14-31(15-3-1)44-47-37-20-8-13-25-42(37)51(44)32-28-26-30(27-29-32)43-48-45(52-38-21-9-4-16-33(38)34-17-5-10-22-39(34)52)50-46(49-43)53-40-23-11-6-18-35(40)36-19-7-12-24-41(36)53/h1-29H. The Kier molecular flexibility index (Phi) is 6.42. The lowest BCUT2D eigenvalue weighted by atomic mass is 10.1. The minimum absolute atomic E-state index is 0.556. The quantitative estimate of drug-likeness (QED) is 0.182. The van der Waals surface area contributed by atoms with Gasteiger partial charge in [-0.25, -0.2) is 4.98 Å². The third-order valence-corrected chi connectivity index (χ3v) is 10.1. The molecule has 0 spiro atoms. The molecule has 0 amide bonds. The first-order chi connectivity index (χ1) is 26.3. The van der Waals surface area contributed by atoms with Crippen molar-refractivity contribution in [2.45, 2.75) is 0 Å². The Balaban J connectivity index is 1.15. The van der Waals surface area contributed by atoms with E-state index < -0.39 is 0 Å². The number of nitrogens with zero attached hydrogens (tertiary/aromatic N) is 7. The van der Waals surface area contributed by atoms with E-state index in [0.29, 0.717) is 17.7 Å². The SMILES string of the molecule is c1ccc(-c2nc3ccccc3n2-c2ccc(-c3nc(-n4c5ccccc5c5ccccc54)nc(-n4c5ccccc5c5ccccc54)n3)cc2)cc1. The van der Waals surface area contributed by atoms with Crippen molar-refractivity contribution in [1.29, 1.82) is 0 Å². The highest BCUT2D eigenvalue weighted by Gasteiger charge is 2.21. The number of hydrogen-bond donors (Lipinski definition) is 0. The molecule has 0 atom stereocenters. The molecule has 0 N–H and O–H groups in total. The molecule has 248 valence electrons. The predicted octanol–water partition coefficient (Wildman–Crippen LogP) is 10.7. The second-order valence-corrected chi connectivity index (χ2v) is 13.2. The van der Waals surface area contributed by atoms with Crippen LogP contribution in [-0.2, 0) is 0 Å². The van der Waals surface area contributed by atoms with E-state index in [0.717, 1.165) is 77.3 Å². The first kappa shape index (κ1) is 29.4. The maximum Gasteiger partial charge on any atom is 0.240 e. The maximum absolute atomic E-state index is 5.27. The van der Waals surface area contributed by atoms with Gasteiger partial charge in [-0.1, -0.05) is 115 Å². The van der Waals surface area contributed by atoms with Crippen LogP contribution < -0.4 is 0 Å². The average Bonchev–Trinajstić information content (AvgIpc) is 3.89. The molecule has 0 aliphatic rings. The molecule has 4 aromatic heterocycles. The molecule has 7 nitrogen and oxygen atoms in total. The number of fused-ring (bicyclic) bond motifs is 7. The normalized spacial score (nSPS) is 11.8. The fraction of sp³-hybridized carbons (Fsp3) is 0. The Hall–Kier alpha value is -7.38. The number of hydrogen-bond acceptors (Lipinski definition) is 4. The molecule has 53 heavy (non-hydrogen) atoms. The van der Waals surface area contributed by atoms with Crippen LogP contribution >= 0.6 is 0 Å². The van der Waals surface area contributed by atoms with E-state index in [9.17, 15) is 0 Å². The smallest absolute Gasteiger partial charge is 0.240 e. The molecule has 0 bridgehead atoms. The molecule has 11 aromatic rings. The highest BCUT2D eigenvalue weighted by Crippen LogP contribution is 2.35. The topological polar surface area (TPSA) is 66.3 Å². The zero-order chi connectivity index (χ0) is 34.9. The summed E-state index contributed by atoms with van der Waals surface area (Å²) in [6, 6.07) is 60.8. The fourth-order valence-corrected chi connectivity index (χ4v) is 7.79. The Labute approximate surface area is 303 Å². The van der Waals surface area contributed by atoms with Gasteiger partial charge < -0.3 is 0 Å². The molecule has 0 radical (unpaired) electrons. The summed E-state index contributed by atoms with van der Waals surface area (Å²) >= 11 is 0. The molecule has 7 aromatic carbocycles. The van der Waals surface area contributed by atoms with E-state index in [4.69, 9.17) is 19.9 Å². The molecule has 0 aliphatic heterocycles. The molecule has 0 saturated carbocycles. The lowest BCUT2D eigenvalue weighted by Gasteiger charge is -2.13. The summed E-state index contributed by atoms with van der Waals surface area (Å²) in [4.78, 5) is 20.8. The van der Waals surface area contributed by atoms with Crippen molar-refractivity contribution >= 4 is 54.6 Å². The van der Waals surface area contributed by atoms with Gasteiger partial charge in [0.25, 0.3) is 0 Å². The third kappa shape index (κ3) is 4.54. The first-order valence-electron chi connectivity index (χ1n) is 17.7. The highest BCUT2D eigenvalue weighted by atomic mass is 15.3. The van der Waals surface area contributed by atoms with E-state index in [-0.39, 0.29) is 0 Å². The van der Waals surface area contributed by atoms with Gasteiger partial charge in [-0.2, -0.15) is 15.0 Å². The lowest BCUT2D eigenvalue weighted by molar-refractivity contribution is 0.893. The van der Waals surface area contributed by atoms with Crippen molar-refractivity contribution in [3.63, 3.8) is 0 Å². The fourth-order valence-electron chi connectivity index (χ4n) is 7.79. The van der Waals surface area contributed by atoms with Gasteiger partial charge in [0.1, 0.15) is 5.82 Å². The molecule has 7 heteroatoms. The third-order valence-electron chi connectivity index (χ3n) is 10.1.